The van der Waals surface area contributed by atoms with Crippen molar-refractivity contribution in [2.24, 2.45) is 0 Å². The van der Waals surface area contributed by atoms with Gasteiger partial charge < -0.3 is 15.5 Å². The molecular formula is C20H20ClN3O3S. The van der Waals surface area contributed by atoms with E-state index in [1.165, 1.54) is 18.3 Å². The third-order valence-electron chi connectivity index (χ3n) is 5.21. The molecule has 2 heterocycles. The van der Waals surface area contributed by atoms with Gasteiger partial charge in [-0.3, -0.25) is 14.4 Å². The number of aryl methyl sites for hydroxylation is 1. The van der Waals surface area contributed by atoms with Crippen LogP contribution in [0.3, 0.4) is 0 Å². The van der Waals surface area contributed by atoms with Crippen molar-refractivity contribution >= 4 is 51.3 Å². The van der Waals surface area contributed by atoms with E-state index in [2.05, 4.69) is 10.6 Å². The molecule has 1 saturated heterocycles. The third-order valence-corrected chi connectivity index (χ3v) is 6.67. The number of thiophene rings is 1. The molecule has 0 radical (unpaired) electrons. The molecule has 1 fully saturated rings. The molecule has 1 aromatic carbocycles. The molecule has 1 unspecified atom stereocenters. The van der Waals surface area contributed by atoms with Crippen LogP contribution in [0.4, 0.5) is 10.7 Å². The van der Waals surface area contributed by atoms with Gasteiger partial charge >= 0.3 is 0 Å². The Bertz CT molecular complexity index is 954. The zero-order valence-corrected chi connectivity index (χ0v) is 17.0. The molecule has 1 aliphatic heterocycles. The Balaban J connectivity index is 1.57. The fraction of sp³-hybridized carbons (Fsp3) is 0.350. The number of likely N-dealkylation sites (tertiary alicyclic amines) is 1. The molecular weight excluding hydrogens is 398 g/mol. The third kappa shape index (κ3) is 3.52. The van der Waals surface area contributed by atoms with Gasteiger partial charge in [-0.05, 0) is 55.5 Å². The van der Waals surface area contributed by atoms with E-state index in [0.717, 1.165) is 29.7 Å². The average molecular weight is 418 g/mol. The molecule has 2 aliphatic rings. The smallest absolute Gasteiger partial charge is 0.258 e. The van der Waals surface area contributed by atoms with Crippen LogP contribution in [0.25, 0.3) is 0 Å². The lowest BCUT2D eigenvalue weighted by atomic mass is 10.0. The van der Waals surface area contributed by atoms with Crippen molar-refractivity contribution in [3.05, 3.63) is 45.3 Å². The number of amides is 3. The molecule has 0 bridgehead atoms. The lowest BCUT2D eigenvalue weighted by Crippen LogP contribution is -2.56. The van der Waals surface area contributed by atoms with Crippen LogP contribution in [-0.4, -0.2) is 35.2 Å². The Morgan fingerprint density at radius 3 is 2.54 bits per heavy atom. The molecule has 1 aliphatic carbocycles. The van der Waals surface area contributed by atoms with Gasteiger partial charge in [0.05, 0.1) is 5.56 Å². The standard InChI is InChI=1S/C20H20ClN3O3S/c1-11(25)24-10-9-15(24)18(26)23-20-17(14-3-2-4-16(14)28-20)19(27)22-13-7-5-12(21)6-8-13/h5-8,15H,2-4,9-10H2,1H3,(H,22,27)(H,23,26). The van der Waals surface area contributed by atoms with E-state index in [-0.39, 0.29) is 17.7 Å². The number of carbonyl (C=O) groups is 3. The first-order valence-electron chi connectivity index (χ1n) is 9.23. The maximum absolute atomic E-state index is 13.0. The number of nitrogens with one attached hydrogen (secondary N) is 2. The molecule has 28 heavy (non-hydrogen) atoms. The summed E-state index contributed by atoms with van der Waals surface area (Å²) in [6.45, 7) is 2.06. The lowest BCUT2D eigenvalue weighted by Gasteiger charge is -2.38. The summed E-state index contributed by atoms with van der Waals surface area (Å²) in [5.41, 5.74) is 2.20. The maximum atomic E-state index is 13.0. The number of hydrogen-bond acceptors (Lipinski definition) is 4. The fourth-order valence-electron chi connectivity index (χ4n) is 3.69. The molecule has 2 aromatic rings. The Hall–Kier alpha value is -2.38. The summed E-state index contributed by atoms with van der Waals surface area (Å²) in [5.74, 6) is -0.586. The fourth-order valence-corrected chi connectivity index (χ4v) is 5.11. The van der Waals surface area contributed by atoms with Crippen molar-refractivity contribution in [2.75, 3.05) is 17.2 Å². The Morgan fingerprint density at radius 1 is 1.14 bits per heavy atom. The minimum absolute atomic E-state index is 0.110. The number of rotatable bonds is 4. The summed E-state index contributed by atoms with van der Waals surface area (Å²) in [4.78, 5) is 39.9. The summed E-state index contributed by atoms with van der Waals surface area (Å²) in [5, 5.41) is 6.96. The van der Waals surface area contributed by atoms with Crippen molar-refractivity contribution in [2.45, 2.75) is 38.6 Å². The van der Waals surface area contributed by atoms with Gasteiger partial charge in [-0.15, -0.1) is 11.3 Å². The van der Waals surface area contributed by atoms with Crippen LogP contribution >= 0.6 is 22.9 Å². The molecule has 8 heteroatoms. The van der Waals surface area contributed by atoms with Gasteiger partial charge in [0, 0.05) is 29.1 Å². The zero-order chi connectivity index (χ0) is 19.8. The second-order valence-electron chi connectivity index (χ2n) is 7.03. The first kappa shape index (κ1) is 19.0. The van der Waals surface area contributed by atoms with Gasteiger partial charge in [0.1, 0.15) is 11.0 Å². The van der Waals surface area contributed by atoms with Crippen LogP contribution in [-0.2, 0) is 22.4 Å². The summed E-state index contributed by atoms with van der Waals surface area (Å²) >= 11 is 7.37. The second kappa shape index (κ2) is 7.56. The van der Waals surface area contributed by atoms with Gasteiger partial charge in [0.2, 0.25) is 11.8 Å². The SMILES string of the molecule is CC(=O)N1CCC1C(=O)Nc1sc2c(c1C(=O)Nc1ccc(Cl)cc1)CCC2. The highest BCUT2D eigenvalue weighted by Gasteiger charge is 2.37. The Kier molecular flexibility index (Phi) is 5.12. The van der Waals surface area contributed by atoms with Crippen molar-refractivity contribution < 1.29 is 14.4 Å². The van der Waals surface area contributed by atoms with Crippen molar-refractivity contribution in [3.63, 3.8) is 0 Å². The molecule has 0 saturated carbocycles. The van der Waals surface area contributed by atoms with Crippen molar-refractivity contribution in [3.8, 4) is 0 Å². The van der Waals surface area contributed by atoms with Gasteiger partial charge in [-0.2, -0.15) is 0 Å². The van der Waals surface area contributed by atoms with Crippen LogP contribution in [0.5, 0.6) is 0 Å². The minimum Gasteiger partial charge on any atom is -0.331 e. The molecule has 0 spiro atoms. The molecule has 4 rings (SSSR count). The van der Waals surface area contributed by atoms with Crippen molar-refractivity contribution in [1.29, 1.82) is 0 Å². The monoisotopic (exact) mass is 417 g/mol. The predicted molar refractivity (Wildman–Crippen MR) is 110 cm³/mol. The zero-order valence-electron chi connectivity index (χ0n) is 15.4. The highest BCUT2D eigenvalue weighted by atomic mass is 35.5. The number of nitrogens with zero attached hydrogens (tertiary/aromatic N) is 1. The summed E-state index contributed by atoms with van der Waals surface area (Å²) in [7, 11) is 0. The normalized spacial score (nSPS) is 17.6. The molecule has 146 valence electrons. The summed E-state index contributed by atoms with van der Waals surface area (Å²) < 4.78 is 0. The highest BCUT2D eigenvalue weighted by Crippen LogP contribution is 2.40. The van der Waals surface area contributed by atoms with Crippen LogP contribution in [0.1, 0.15) is 40.6 Å². The quantitative estimate of drug-likeness (QED) is 0.796. The molecule has 6 nitrogen and oxygen atoms in total. The van der Waals surface area contributed by atoms with E-state index in [0.29, 0.717) is 34.2 Å². The number of fused-ring (bicyclic) bond motifs is 1. The molecule has 1 atom stereocenters. The number of halogens is 1. The predicted octanol–water partition coefficient (Wildman–Crippen LogP) is 3.70. The largest absolute Gasteiger partial charge is 0.331 e. The molecule has 1 aromatic heterocycles. The van der Waals surface area contributed by atoms with Crippen LogP contribution in [0.15, 0.2) is 24.3 Å². The topological polar surface area (TPSA) is 78.5 Å². The Morgan fingerprint density at radius 2 is 1.89 bits per heavy atom. The average Bonchev–Trinajstić information content (AvgIpc) is 3.15. The van der Waals surface area contributed by atoms with Gasteiger partial charge in [-0.1, -0.05) is 11.6 Å². The number of hydrogen-bond donors (Lipinski definition) is 2. The molecule has 3 amide bonds. The van der Waals surface area contributed by atoms with E-state index in [9.17, 15) is 14.4 Å². The number of carbonyl (C=O) groups excluding carboxylic acids is 3. The lowest BCUT2D eigenvalue weighted by molar-refractivity contribution is -0.143. The number of anilines is 2. The summed E-state index contributed by atoms with van der Waals surface area (Å²) in [6.07, 6.45) is 3.40. The van der Waals surface area contributed by atoms with Crippen LogP contribution < -0.4 is 10.6 Å². The van der Waals surface area contributed by atoms with E-state index >= 15 is 0 Å². The number of benzene rings is 1. The van der Waals surface area contributed by atoms with Gasteiger partial charge in [0.15, 0.2) is 0 Å². The van der Waals surface area contributed by atoms with Crippen LogP contribution in [0, 0.1) is 0 Å². The van der Waals surface area contributed by atoms with Crippen molar-refractivity contribution in [1.82, 2.24) is 4.90 Å². The maximum Gasteiger partial charge on any atom is 0.258 e. The van der Waals surface area contributed by atoms with E-state index in [1.807, 2.05) is 0 Å². The van der Waals surface area contributed by atoms with E-state index in [1.54, 1.807) is 29.2 Å². The van der Waals surface area contributed by atoms with Crippen LogP contribution in [0.2, 0.25) is 5.02 Å². The van der Waals surface area contributed by atoms with Gasteiger partial charge in [0.25, 0.3) is 5.91 Å². The van der Waals surface area contributed by atoms with E-state index < -0.39 is 6.04 Å². The Labute approximate surface area is 171 Å². The van der Waals surface area contributed by atoms with Gasteiger partial charge in [-0.25, -0.2) is 0 Å². The van der Waals surface area contributed by atoms with E-state index in [4.69, 9.17) is 11.6 Å². The summed E-state index contributed by atoms with van der Waals surface area (Å²) in [6, 6.07) is 6.45. The first-order valence-corrected chi connectivity index (χ1v) is 10.4. The first-order chi connectivity index (χ1) is 13.4. The minimum atomic E-state index is -0.457. The molecule has 2 N–H and O–H groups in total. The highest BCUT2D eigenvalue weighted by molar-refractivity contribution is 7.17. The second-order valence-corrected chi connectivity index (χ2v) is 8.57.